The third-order valence-corrected chi connectivity index (χ3v) is 4.26. The summed E-state index contributed by atoms with van der Waals surface area (Å²) < 4.78 is 7.49. The van der Waals surface area contributed by atoms with E-state index in [1.807, 2.05) is 47.0 Å². The highest BCUT2D eigenvalue weighted by Crippen LogP contribution is 2.26. The molecular weight excluding hydrogens is 318 g/mol. The van der Waals surface area contributed by atoms with Crippen molar-refractivity contribution in [3.63, 3.8) is 0 Å². The van der Waals surface area contributed by atoms with E-state index in [1.165, 1.54) is 0 Å². The molecule has 0 aliphatic carbocycles. The first-order valence-corrected chi connectivity index (χ1v) is 8.09. The fourth-order valence-corrected chi connectivity index (χ4v) is 2.84. The van der Waals surface area contributed by atoms with Gasteiger partial charge in [0.15, 0.2) is 11.0 Å². The zero-order chi connectivity index (χ0) is 15.4. The summed E-state index contributed by atoms with van der Waals surface area (Å²) in [6, 6.07) is 11.4. The predicted molar refractivity (Wildman–Crippen MR) is 89.2 cm³/mol. The molecule has 0 N–H and O–H groups in total. The highest BCUT2D eigenvalue weighted by molar-refractivity contribution is 7.99. The molecule has 6 heteroatoms. The van der Waals surface area contributed by atoms with Gasteiger partial charge in [-0.15, -0.1) is 16.8 Å². The van der Waals surface area contributed by atoms with Crippen LogP contribution in [0.2, 0.25) is 5.02 Å². The van der Waals surface area contributed by atoms with E-state index in [1.54, 1.807) is 18.0 Å². The first kappa shape index (κ1) is 14.9. The Bertz CT molecular complexity index is 750. The van der Waals surface area contributed by atoms with E-state index < -0.39 is 0 Å². The quantitative estimate of drug-likeness (QED) is 0.492. The van der Waals surface area contributed by atoms with E-state index in [0.717, 1.165) is 28.1 Å². The Morgan fingerprint density at radius 2 is 2.05 bits per heavy atom. The van der Waals surface area contributed by atoms with Gasteiger partial charge in [-0.2, -0.15) is 0 Å². The van der Waals surface area contributed by atoms with Crippen molar-refractivity contribution in [3.05, 3.63) is 66.1 Å². The van der Waals surface area contributed by atoms with Crippen molar-refractivity contribution in [1.82, 2.24) is 14.8 Å². The van der Waals surface area contributed by atoms with Crippen molar-refractivity contribution < 1.29 is 4.42 Å². The maximum atomic E-state index is 5.95. The lowest BCUT2D eigenvalue weighted by Gasteiger charge is -2.08. The third-order valence-electron chi connectivity index (χ3n) is 3.04. The lowest BCUT2D eigenvalue weighted by molar-refractivity contribution is 0.485. The van der Waals surface area contributed by atoms with E-state index in [4.69, 9.17) is 16.0 Å². The van der Waals surface area contributed by atoms with Crippen LogP contribution in [0.1, 0.15) is 5.76 Å². The molecule has 0 aliphatic heterocycles. The standard InChI is InChI=1S/C16H14ClN3OS/c1-2-10-22-16-19-18-15(12-5-7-13(17)8-6-12)20(16)11-14-4-3-9-21-14/h2-9H,1,10-11H2. The Balaban J connectivity index is 1.99. The third kappa shape index (κ3) is 3.26. The van der Waals surface area contributed by atoms with Crippen molar-refractivity contribution in [3.8, 4) is 11.4 Å². The van der Waals surface area contributed by atoms with Crippen LogP contribution in [0.25, 0.3) is 11.4 Å². The first-order chi connectivity index (χ1) is 10.8. The zero-order valence-corrected chi connectivity index (χ0v) is 13.3. The SMILES string of the molecule is C=CCSc1nnc(-c2ccc(Cl)cc2)n1Cc1ccco1. The van der Waals surface area contributed by atoms with Gasteiger partial charge in [0.1, 0.15) is 5.76 Å². The van der Waals surface area contributed by atoms with Crippen LogP contribution in [0.5, 0.6) is 0 Å². The largest absolute Gasteiger partial charge is 0.467 e. The minimum Gasteiger partial charge on any atom is -0.467 e. The maximum absolute atomic E-state index is 5.95. The van der Waals surface area contributed by atoms with E-state index in [2.05, 4.69) is 16.8 Å². The molecule has 2 aromatic heterocycles. The molecule has 3 rings (SSSR count). The van der Waals surface area contributed by atoms with E-state index in [-0.39, 0.29) is 0 Å². The van der Waals surface area contributed by atoms with Crippen LogP contribution in [-0.2, 0) is 6.54 Å². The Labute approximate surface area is 137 Å². The number of hydrogen-bond acceptors (Lipinski definition) is 4. The molecule has 0 spiro atoms. The first-order valence-electron chi connectivity index (χ1n) is 6.73. The number of thioether (sulfide) groups is 1. The highest BCUT2D eigenvalue weighted by atomic mass is 35.5. The molecule has 0 radical (unpaired) electrons. The minimum absolute atomic E-state index is 0.581. The maximum Gasteiger partial charge on any atom is 0.192 e. The molecule has 1 aromatic carbocycles. The Morgan fingerprint density at radius 1 is 1.23 bits per heavy atom. The molecule has 0 atom stereocenters. The number of benzene rings is 1. The molecule has 22 heavy (non-hydrogen) atoms. The molecule has 0 fully saturated rings. The molecule has 4 nitrogen and oxygen atoms in total. The van der Waals surface area contributed by atoms with Crippen LogP contribution in [0.4, 0.5) is 0 Å². The van der Waals surface area contributed by atoms with Gasteiger partial charge in [0.25, 0.3) is 0 Å². The number of hydrogen-bond donors (Lipinski definition) is 0. The Morgan fingerprint density at radius 3 is 2.73 bits per heavy atom. The summed E-state index contributed by atoms with van der Waals surface area (Å²) in [7, 11) is 0. The minimum atomic E-state index is 0.581. The van der Waals surface area contributed by atoms with Crippen LogP contribution in [0.3, 0.4) is 0 Å². The number of halogens is 1. The molecule has 3 aromatic rings. The van der Waals surface area contributed by atoms with Crippen LogP contribution < -0.4 is 0 Å². The molecule has 0 bridgehead atoms. The smallest absolute Gasteiger partial charge is 0.192 e. The number of furan rings is 1. The predicted octanol–water partition coefficient (Wildman–Crippen LogP) is 4.52. The molecular formula is C16H14ClN3OS. The second kappa shape index (κ2) is 6.85. The van der Waals surface area contributed by atoms with Gasteiger partial charge in [0.2, 0.25) is 0 Å². The average Bonchev–Trinajstić information content (AvgIpc) is 3.17. The van der Waals surface area contributed by atoms with Gasteiger partial charge < -0.3 is 4.42 Å². The summed E-state index contributed by atoms with van der Waals surface area (Å²) in [6.45, 7) is 4.33. The van der Waals surface area contributed by atoms with Crippen LogP contribution in [0, 0.1) is 0 Å². The molecule has 2 heterocycles. The van der Waals surface area contributed by atoms with Crippen molar-refractivity contribution in [2.45, 2.75) is 11.7 Å². The number of nitrogens with zero attached hydrogens (tertiary/aromatic N) is 3. The summed E-state index contributed by atoms with van der Waals surface area (Å²) in [5.74, 6) is 2.42. The summed E-state index contributed by atoms with van der Waals surface area (Å²) in [5.41, 5.74) is 0.967. The van der Waals surface area contributed by atoms with Crippen molar-refractivity contribution >= 4 is 23.4 Å². The molecule has 0 amide bonds. The zero-order valence-electron chi connectivity index (χ0n) is 11.8. The van der Waals surface area contributed by atoms with Gasteiger partial charge in [0, 0.05) is 16.3 Å². The molecule has 0 saturated carbocycles. The van der Waals surface area contributed by atoms with Crippen molar-refractivity contribution in [2.75, 3.05) is 5.75 Å². The second-order valence-corrected chi connectivity index (χ2v) is 6.00. The summed E-state index contributed by atoms with van der Waals surface area (Å²) in [4.78, 5) is 0. The second-order valence-electron chi connectivity index (χ2n) is 4.58. The fourth-order valence-electron chi connectivity index (χ4n) is 2.04. The van der Waals surface area contributed by atoms with Crippen molar-refractivity contribution in [2.24, 2.45) is 0 Å². The Hall–Kier alpha value is -1.98. The average molecular weight is 332 g/mol. The topological polar surface area (TPSA) is 43.9 Å². The van der Waals surface area contributed by atoms with Gasteiger partial charge in [-0.25, -0.2) is 0 Å². The van der Waals surface area contributed by atoms with Gasteiger partial charge in [-0.05, 0) is 36.4 Å². The van der Waals surface area contributed by atoms with Gasteiger partial charge in [-0.3, -0.25) is 4.57 Å². The monoisotopic (exact) mass is 331 g/mol. The summed E-state index contributed by atoms with van der Waals surface area (Å²) in [5, 5.41) is 10.1. The molecule has 112 valence electrons. The number of aromatic nitrogens is 3. The van der Waals surface area contributed by atoms with Crippen LogP contribution in [0.15, 0.2) is 64.9 Å². The van der Waals surface area contributed by atoms with E-state index in [9.17, 15) is 0 Å². The Kier molecular flexibility index (Phi) is 4.65. The van der Waals surface area contributed by atoms with E-state index in [0.29, 0.717) is 11.6 Å². The molecule has 0 saturated heterocycles. The van der Waals surface area contributed by atoms with Crippen molar-refractivity contribution in [1.29, 1.82) is 0 Å². The molecule has 0 aliphatic rings. The lowest BCUT2D eigenvalue weighted by atomic mass is 10.2. The van der Waals surface area contributed by atoms with Crippen LogP contribution >= 0.6 is 23.4 Å². The van der Waals surface area contributed by atoms with Gasteiger partial charge in [0.05, 0.1) is 12.8 Å². The normalized spacial score (nSPS) is 10.8. The highest BCUT2D eigenvalue weighted by Gasteiger charge is 2.15. The van der Waals surface area contributed by atoms with E-state index >= 15 is 0 Å². The summed E-state index contributed by atoms with van der Waals surface area (Å²) in [6.07, 6.45) is 3.51. The molecule has 0 unspecified atom stereocenters. The van der Waals surface area contributed by atoms with Gasteiger partial charge >= 0.3 is 0 Å². The van der Waals surface area contributed by atoms with Gasteiger partial charge in [-0.1, -0.05) is 29.4 Å². The summed E-state index contributed by atoms with van der Waals surface area (Å²) >= 11 is 7.55. The van der Waals surface area contributed by atoms with Crippen LogP contribution in [-0.4, -0.2) is 20.5 Å². The number of rotatable bonds is 6. The fraction of sp³-hybridized carbons (Fsp3) is 0.125. The lowest BCUT2D eigenvalue weighted by Crippen LogP contribution is -2.03.